The van der Waals surface area contributed by atoms with Crippen LogP contribution in [0.15, 0.2) is 60.7 Å². The zero-order valence-corrected chi connectivity index (χ0v) is 22.0. The summed E-state index contributed by atoms with van der Waals surface area (Å²) < 4.78 is 31.7. The van der Waals surface area contributed by atoms with Crippen LogP contribution < -0.4 is 10.6 Å². The molecule has 2 unspecified atom stereocenters. The summed E-state index contributed by atoms with van der Waals surface area (Å²) in [6.45, 7) is 0. The van der Waals surface area contributed by atoms with Crippen LogP contribution in [-0.4, -0.2) is 51.1 Å². The lowest BCUT2D eigenvalue weighted by atomic mass is 9.83. The molecule has 2 aromatic carbocycles. The number of aromatic nitrogens is 1. The van der Waals surface area contributed by atoms with E-state index in [4.69, 9.17) is 9.90 Å². The van der Waals surface area contributed by atoms with Gasteiger partial charge in [-0.25, -0.2) is 9.78 Å². The first-order valence-electron chi connectivity index (χ1n) is 12.8. The minimum Gasteiger partial charge on any atom is -0.475 e. The summed E-state index contributed by atoms with van der Waals surface area (Å²) in [6, 6.07) is 17.9. The lowest BCUT2D eigenvalue weighted by Gasteiger charge is -2.31. The van der Waals surface area contributed by atoms with E-state index in [1.165, 1.54) is 12.1 Å². The van der Waals surface area contributed by atoms with Crippen LogP contribution in [-0.2, 0) is 16.0 Å². The van der Waals surface area contributed by atoms with Crippen molar-refractivity contribution in [1.29, 1.82) is 5.26 Å². The Balaban J connectivity index is 0.000000616. The lowest BCUT2D eigenvalue weighted by molar-refractivity contribution is -0.384. The van der Waals surface area contributed by atoms with Crippen LogP contribution in [0.4, 0.5) is 18.9 Å². The smallest absolute Gasteiger partial charge is 0.475 e. The molecule has 1 aliphatic rings. The number of nitro benzene ring substituents is 1. The Morgan fingerprint density at radius 3 is 2.33 bits per heavy atom. The number of aliphatic carboxylic acids is 1. The number of carboxylic acids is 1. The van der Waals surface area contributed by atoms with Crippen molar-refractivity contribution in [3.05, 3.63) is 82.0 Å². The molecule has 2 amide bonds. The highest BCUT2D eigenvalue weighted by atomic mass is 19.4. The molecule has 3 atom stereocenters. The summed E-state index contributed by atoms with van der Waals surface area (Å²) in [5, 5.41) is 34.2. The molecule has 0 spiro atoms. The molecule has 1 aromatic heterocycles. The number of para-hydroxylation sites is 1. The Labute approximate surface area is 237 Å². The normalized spacial score (nSPS) is 17.1. The van der Waals surface area contributed by atoms with Crippen molar-refractivity contribution >= 4 is 34.4 Å². The molecule has 3 N–H and O–H groups in total. The van der Waals surface area contributed by atoms with Gasteiger partial charge in [0.1, 0.15) is 11.7 Å². The van der Waals surface area contributed by atoms with Crippen LogP contribution >= 0.6 is 0 Å². The van der Waals surface area contributed by atoms with Crippen LogP contribution in [0.1, 0.15) is 41.7 Å². The zero-order valence-electron chi connectivity index (χ0n) is 22.0. The number of nitriles is 1. The minimum atomic E-state index is -5.08. The van der Waals surface area contributed by atoms with Crippen molar-refractivity contribution in [2.45, 2.75) is 50.4 Å². The molecule has 0 bridgehead atoms. The molecule has 0 aliphatic heterocycles. The van der Waals surface area contributed by atoms with Gasteiger partial charge in [-0.1, -0.05) is 49.2 Å². The van der Waals surface area contributed by atoms with Gasteiger partial charge in [0.2, 0.25) is 5.91 Å². The Bertz CT molecular complexity index is 1490. The molecule has 1 heterocycles. The number of rotatable bonds is 7. The highest BCUT2D eigenvalue weighted by Gasteiger charge is 2.38. The minimum absolute atomic E-state index is 0.0343. The second-order valence-corrected chi connectivity index (χ2v) is 9.48. The maximum absolute atomic E-state index is 13.1. The first-order valence-corrected chi connectivity index (χ1v) is 12.8. The van der Waals surface area contributed by atoms with Gasteiger partial charge in [-0.05, 0) is 30.5 Å². The van der Waals surface area contributed by atoms with Crippen LogP contribution in [0.3, 0.4) is 0 Å². The topological polar surface area (TPSA) is 175 Å². The number of carbonyl (C=O) groups excluding carboxylic acids is 2. The highest BCUT2D eigenvalue weighted by molar-refractivity contribution is 5.95. The second-order valence-electron chi connectivity index (χ2n) is 9.48. The van der Waals surface area contributed by atoms with Crippen LogP contribution in [0.25, 0.3) is 10.9 Å². The number of carbonyl (C=O) groups is 3. The summed E-state index contributed by atoms with van der Waals surface area (Å²) in [5.41, 5.74) is 1.69. The van der Waals surface area contributed by atoms with E-state index in [9.17, 15) is 38.1 Å². The van der Waals surface area contributed by atoms with Gasteiger partial charge in [0, 0.05) is 30.0 Å². The number of hydrogen-bond acceptors (Lipinski definition) is 7. The summed E-state index contributed by atoms with van der Waals surface area (Å²) in [6.07, 6.45) is -1.83. The molecule has 14 heteroatoms. The van der Waals surface area contributed by atoms with E-state index in [-0.39, 0.29) is 30.0 Å². The standard InChI is InChI=1S/C26H25N5O4.C2HF3O2/c27-16-19(15-17-9-12-20(13-10-17)31(34)35)28-25(32)21-6-2-4-8-23(21)30-26(33)24-14-11-18-5-1-3-7-22(18)29-24;3-2(4,5)1(6)7/h1,3,5,7,9-14,19,21,23H,2,4,6,8,15H2,(H,28,32)(H,30,33);(H,6,7)/t19-,21?,23?;/m0./s1. The SMILES string of the molecule is N#C[C@H](Cc1ccc([N+](=O)[O-])cc1)NC(=O)C1CCCCC1NC(=O)c1ccc2ccccc2n1.O=C(O)C(F)(F)F. The second kappa shape index (κ2) is 14.0. The van der Waals surface area contributed by atoms with Crippen molar-refractivity contribution in [1.82, 2.24) is 15.6 Å². The van der Waals surface area contributed by atoms with Gasteiger partial charge >= 0.3 is 12.1 Å². The third-order valence-electron chi connectivity index (χ3n) is 6.55. The Morgan fingerprint density at radius 1 is 1.07 bits per heavy atom. The quantitative estimate of drug-likeness (QED) is 0.271. The highest BCUT2D eigenvalue weighted by Crippen LogP contribution is 2.26. The van der Waals surface area contributed by atoms with E-state index < -0.39 is 29.0 Å². The number of amides is 2. The van der Waals surface area contributed by atoms with Crippen molar-refractivity contribution in [2.75, 3.05) is 0 Å². The predicted molar refractivity (Wildman–Crippen MR) is 143 cm³/mol. The molecule has 3 aromatic rings. The fraction of sp³-hybridized carbons (Fsp3) is 0.321. The third kappa shape index (κ3) is 8.72. The Kier molecular flexibility index (Phi) is 10.5. The largest absolute Gasteiger partial charge is 0.490 e. The number of nitrogens with zero attached hydrogens (tertiary/aromatic N) is 3. The number of fused-ring (bicyclic) bond motifs is 1. The van der Waals surface area contributed by atoms with Gasteiger partial charge < -0.3 is 15.7 Å². The number of nitro groups is 1. The number of non-ortho nitro benzene ring substituents is 1. The van der Waals surface area contributed by atoms with E-state index in [0.29, 0.717) is 24.1 Å². The van der Waals surface area contributed by atoms with Crippen molar-refractivity contribution in [2.24, 2.45) is 5.92 Å². The van der Waals surface area contributed by atoms with Crippen LogP contribution in [0.5, 0.6) is 0 Å². The first-order chi connectivity index (χ1) is 19.9. The van der Waals surface area contributed by atoms with Gasteiger partial charge in [-0.2, -0.15) is 18.4 Å². The number of carboxylic acid groups (broad SMARTS) is 1. The molecule has 11 nitrogen and oxygen atoms in total. The molecule has 42 heavy (non-hydrogen) atoms. The predicted octanol–water partition coefficient (Wildman–Crippen LogP) is 4.32. The van der Waals surface area contributed by atoms with Crippen molar-refractivity contribution in [3.8, 4) is 6.07 Å². The molecule has 1 saturated carbocycles. The average molecular weight is 586 g/mol. The Morgan fingerprint density at radius 2 is 1.71 bits per heavy atom. The molecule has 1 aliphatic carbocycles. The van der Waals surface area contributed by atoms with Crippen molar-refractivity contribution in [3.63, 3.8) is 0 Å². The Hall–Kier alpha value is -5.06. The maximum Gasteiger partial charge on any atom is 0.490 e. The molecular formula is C28H26F3N5O6. The van der Waals surface area contributed by atoms with E-state index in [1.54, 1.807) is 18.2 Å². The number of alkyl halides is 3. The van der Waals surface area contributed by atoms with E-state index in [1.807, 2.05) is 30.3 Å². The number of pyridine rings is 1. The van der Waals surface area contributed by atoms with Gasteiger partial charge in [-0.3, -0.25) is 19.7 Å². The average Bonchev–Trinajstić information content (AvgIpc) is 2.96. The molecule has 0 radical (unpaired) electrons. The first kappa shape index (κ1) is 31.5. The van der Waals surface area contributed by atoms with Crippen LogP contribution in [0.2, 0.25) is 0 Å². The van der Waals surface area contributed by atoms with E-state index in [0.717, 1.165) is 23.7 Å². The number of benzene rings is 2. The van der Waals surface area contributed by atoms with E-state index in [2.05, 4.69) is 21.7 Å². The number of halogens is 3. The summed E-state index contributed by atoms with van der Waals surface area (Å²) >= 11 is 0. The zero-order chi connectivity index (χ0) is 30.9. The molecule has 220 valence electrons. The fourth-order valence-corrected chi connectivity index (χ4v) is 4.45. The van der Waals surface area contributed by atoms with Crippen molar-refractivity contribution < 1.29 is 37.6 Å². The monoisotopic (exact) mass is 585 g/mol. The van der Waals surface area contributed by atoms with Crippen LogP contribution in [0, 0.1) is 27.4 Å². The fourth-order valence-electron chi connectivity index (χ4n) is 4.45. The maximum atomic E-state index is 13.1. The van der Waals surface area contributed by atoms with E-state index >= 15 is 0 Å². The number of hydrogen-bond donors (Lipinski definition) is 3. The van der Waals surface area contributed by atoms with Gasteiger partial charge in [0.05, 0.1) is 22.4 Å². The third-order valence-corrected chi connectivity index (χ3v) is 6.55. The summed E-state index contributed by atoms with van der Waals surface area (Å²) in [4.78, 5) is 49.7. The summed E-state index contributed by atoms with van der Waals surface area (Å²) in [7, 11) is 0. The molecular weight excluding hydrogens is 559 g/mol. The number of nitrogens with one attached hydrogen (secondary N) is 2. The molecule has 1 fully saturated rings. The van der Waals surface area contributed by atoms with Gasteiger partial charge in [0.25, 0.3) is 11.6 Å². The lowest BCUT2D eigenvalue weighted by Crippen LogP contribution is -2.50. The molecule has 0 saturated heterocycles. The van der Waals surface area contributed by atoms with Gasteiger partial charge in [0.15, 0.2) is 0 Å². The van der Waals surface area contributed by atoms with Gasteiger partial charge in [-0.15, -0.1) is 0 Å². The summed E-state index contributed by atoms with van der Waals surface area (Å²) in [5.74, 6) is -3.83. The molecule has 4 rings (SSSR count).